The highest BCUT2D eigenvalue weighted by atomic mass is 28.4. The second-order valence-electron chi connectivity index (χ2n) is 6.93. The molecule has 2 aromatic rings. The molecule has 0 aliphatic carbocycles. The summed E-state index contributed by atoms with van der Waals surface area (Å²) in [5, 5.41) is 6.12. The number of fused-ring (bicyclic) bond motifs is 1. The van der Waals surface area contributed by atoms with Crippen molar-refractivity contribution in [2.45, 2.75) is 52.4 Å². The molecule has 1 heterocycles. The summed E-state index contributed by atoms with van der Waals surface area (Å²) in [5.41, 5.74) is 2.29. The molecule has 0 fully saturated rings. The Labute approximate surface area is 123 Å². The molecule has 0 bridgehead atoms. The van der Waals surface area contributed by atoms with Gasteiger partial charge < -0.3 is 4.43 Å². The summed E-state index contributed by atoms with van der Waals surface area (Å²) in [5.74, 6) is 0. The normalized spacial score (nSPS) is 13.1. The molecular formula is C16H26N2OSi. The van der Waals surface area contributed by atoms with E-state index in [0.29, 0.717) is 0 Å². The van der Waals surface area contributed by atoms with Gasteiger partial charge in [-0.05, 0) is 31.1 Å². The molecule has 110 valence electrons. The van der Waals surface area contributed by atoms with Gasteiger partial charge in [0.2, 0.25) is 0 Å². The van der Waals surface area contributed by atoms with Crippen molar-refractivity contribution >= 4 is 19.2 Å². The Balaban J connectivity index is 2.08. The van der Waals surface area contributed by atoms with Gasteiger partial charge in [-0.1, -0.05) is 39.0 Å². The Kier molecular flexibility index (Phi) is 4.07. The van der Waals surface area contributed by atoms with Gasteiger partial charge in [-0.25, -0.2) is 0 Å². The van der Waals surface area contributed by atoms with Gasteiger partial charge in [0.1, 0.15) is 0 Å². The first-order valence-electron chi connectivity index (χ1n) is 7.28. The number of benzene rings is 1. The zero-order valence-electron chi connectivity index (χ0n) is 13.5. The third kappa shape index (κ3) is 2.96. The Hall–Kier alpha value is -1.13. The molecule has 0 atom stereocenters. The lowest BCUT2D eigenvalue weighted by Crippen LogP contribution is -2.41. The van der Waals surface area contributed by atoms with Crippen molar-refractivity contribution in [1.82, 2.24) is 9.78 Å². The maximum absolute atomic E-state index is 6.23. The lowest BCUT2D eigenvalue weighted by atomic mass is 10.2. The fourth-order valence-electron chi connectivity index (χ4n) is 2.07. The van der Waals surface area contributed by atoms with E-state index >= 15 is 0 Å². The van der Waals surface area contributed by atoms with Crippen LogP contribution >= 0.6 is 0 Å². The summed E-state index contributed by atoms with van der Waals surface area (Å²) in [6.07, 6.45) is 0. The quantitative estimate of drug-likeness (QED) is 0.782. The standard InChI is InChI=1S/C16H26N2OSi/c1-13-14-9-7-8-10-15(14)18(17-13)11-12-19-20(5,6)16(2,3)4/h7-10H,11-12H2,1-6H3. The number of aromatic nitrogens is 2. The van der Waals surface area contributed by atoms with Crippen LogP contribution in [-0.4, -0.2) is 24.7 Å². The second kappa shape index (κ2) is 5.33. The maximum Gasteiger partial charge on any atom is 0.192 e. The van der Waals surface area contributed by atoms with Crippen LogP contribution < -0.4 is 0 Å². The van der Waals surface area contributed by atoms with Crippen LogP contribution in [0.1, 0.15) is 26.5 Å². The number of rotatable bonds is 4. The molecule has 0 saturated heterocycles. The first kappa shape index (κ1) is 15.3. The monoisotopic (exact) mass is 290 g/mol. The topological polar surface area (TPSA) is 27.1 Å². The summed E-state index contributed by atoms with van der Waals surface area (Å²) < 4.78 is 8.30. The minimum atomic E-state index is -1.66. The van der Waals surface area contributed by atoms with Gasteiger partial charge in [0.25, 0.3) is 0 Å². The van der Waals surface area contributed by atoms with E-state index in [2.05, 4.69) is 74.8 Å². The van der Waals surface area contributed by atoms with Gasteiger partial charge in [0.15, 0.2) is 8.32 Å². The molecule has 0 radical (unpaired) electrons. The van der Waals surface area contributed by atoms with E-state index in [1.807, 2.05) is 0 Å². The van der Waals surface area contributed by atoms with Crippen molar-refractivity contribution in [3.8, 4) is 0 Å². The van der Waals surface area contributed by atoms with Crippen molar-refractivity contribution in [1.29, 1.82) is 0 Å². The predicted molar refractivity (Wildman–Crippen MR) is 87.6 cm³/mol. The second-order valence-corrected chi connectivity index (χ2v) is 11.7. The molecule has 0 spiro atoms. The molecule has 20 heavy (non-hydrogen) atoms. The Morgan fingerprint density at radius 1 is 1.20 bits per heavy atom. The highest BCUT2D eigenvalue weighted by molar-refractivity contribution is 6.74. The van der Waals surface area contributed by atoms with E-state index in [9.17, 15) is 0 Å². The van der Waals surface area contributed by atoms with Crippen LogP contribution in [0, 0.1) is 6.92 Å². The van der Waals surface area contributed by atoms with Crippen LogP contribution in [0.15, 0.2) is 24.3 Å². The SMILES string of the molecule is Cc1nn(CCO[Si](C)(C)C(C)(C)C)c2ccccc12. The molecule has 0 amide bonds. The molecule has 0 aliphatic heterocycles. The van der Waals surface area contributed by atoms with Crippen molar-refractivity contribution in [2.24, 2.45) is 0 Å². The average Bonchev–Trinajstić information content (AvgIpc) is 2.66. The van der Waals surface area contributed by atoms with Crippen LogP contribution in [0.25, 0.3) is 10.9 Å². The highest BCUT2D eigenvalue weighted by Gasteiger charge is 2.36. The molecule has 0 N–H and O–H groups in total. The number of para-hydroxylation sites is 1. The predicted octanol–water partition coefficient (Wildman–Crippen LogP) is 4.37. The summed E-state index contributed by atoms with van der Waals surface area (Å²) in [6.45, 7) is 15.0. The first-order chi connectivity index (χ1) is 9.22. The fourth-order valence-corrected chi connectivity index (χ4v) is 3.10. The molecule has 3 nitrogen and oxygen atoms in total. The van der Waals surface area contributed by atoms with E-state index in [-0.39, 0.29) is 5.04 Å². The van der Waals surface area contributed by atoms with Gasteiger partial charge in [-0.2, -0.15) is 5.10 Å². The van der Waals surface area contributed by atoms with Crippen LogP contribution in [-0.2, 0) is 11.0 Å². The molecule has 1 aromatic heterocycles. The van der Waals surface area contributed by atoms with Crippen molar-refractivity contribution in [2.75, 3.05) is 6.61 Å². The number of aryl methyl sites for hydroxylation is 1. The zero-order chi connectivity index (χ0) is 15.0. The molecule has 4 heteroatoms. The van der Waals surface area contributed by atoms with Gasteiger partial charge in [-0.3, -0.25) is 4.68 Å². The van der Waals surface area contributed by atoms with E-state index in [4.69, 9.17) is 4.43 Å². The molecule has 1 aromatic carbocycles. The Morgan fingerprint density at radius 2 is 1.85 bits per heavy atom. The molecule has 0 saturated carbocycles. The smallest absolute Gasteiger partial charge is 0.192 e. The number of hydrogen-bond donors (Lipinski definition) is 0. The van der Waals surface area contributed by atoms with Crippen LogP contribution in [0.3, 0.4) is 0 Å². The summed E-state index contributed by atoms with van der Waals surface area (Å²) in [6, 6.07) is 8.38. The molecule has 0 unspecified atom stereocenters. The summed E-state index contributed by atoms with van der Waals surface area (Å²) in [4.78, 5) is 0. The van der Waals surface area contributed by atoms with Gasteiger partial charge in [0, 0.05) is 5.39 Å². The van der Waals surface area contributed by atoms with E-state index in [0.717, 1.165) is 18.8 Å². The third-order valence-corrected chi connectivity index (χ3v) is 8.95. The maximum atomic E-state index is 6.23. The Bertz CT molecular complexity index is 596. The van der Waals surface area contributed by atoms with E-state index in [1.54, 1.807) is 0 Å². The van der Waals surface area contributed by atoms with Gasteiger partial charge in [0.05, 0.1) is 24.4 Å². The molecular weight excluding hydrogens is 264 g/mol. The van der Waals surface area contributed by atoms with E-state index in [1.165, 1.54) is 10.9 Å². The largest absolute Gasteiger partial charge is 0.415 e. The Morgan fingerprint density at radius 3 is 2.50 bits per heavy atom. The lowest BCUT2D eigenvalue weighted by Gasteiger charge is -2.36. The first-order valence-corrected chi connectivity index (χ1v) is 10.2. The lowest BCUT2D eigenvalue weighted by molar-refractivity contribution is 0.268. The fraction of sp³-hybridized carbons (Fsp3) is 0.562. The van der Waals surface area contributed by atoms with Crippen molar-refractivity contribution in [3.63, 3.8) is 0 Å². The number of hydrogen-bond acceptors (Lipinski definition) is 2. The molecule has 0 aliphatic rings. The zero-order valence-corrected chi connectivity index (χ0v) is 14.5. The molecule has 2 rings (SSSR count). The minimum Gasteiger partial charge on any atom is -0.415 e. The van der Waals surface area contributed by atoms with Crippen LogP contribution in [0.5, 0.6) is 0 Å². The minimum absolute atomic E-state index is 0.259. The average molecular weight is 290 g/mol. The van der Waals surface area contributed by atoms with Crippen LogP contribution in [0.4, 0.5) is 0 Å². The third-order valence-electron chi connectivity index (χ3n) is 4.41. The van der Waals surface area contributed by atoms with E-state index < -0.39 is 8.32 Å². The van der Waals surface area contributed by atoms with Crippen molar-refractivity contribution in [3.05, 3.63) is 30.0 Å². The van der Waals surface area contributed by atoms with Gasteiger partial charge >= 0.3 is 0 Å². The summed E-state index contributed by atoms with van der Waals surface area (Å²) in [7, 11) is -1.66. The number of nitrogens with zero attached hydrogens (tertiary/aromatic N) is 2. The van der Waals surface area contributed by atoms with Gasteiger partial charge in [-0.15, -0.1) is 0 Å². The van der Waals surface area contributed by atoms with Crippen LogP contribution in [0.2, 0.25) is 18.1 Å². The highest BCUT2D eigenvalue weighted by Crippen LogP contribution is 2.36. The summed E-state index contributed by atoms with van der Waals surface area (Å²) >= 11 is 0. The van der Waals surface area contributed by atoms with Crippen molar-refractivity contribution < 1.29 is 4.43 Å².